The topological polar surface area (TPSA) is 55.1 Å². The van der Waals surface area contributed by atoms with E-state index in [1.807, 2.05) is 18.7 Å². The molecule has 0 amide bonds. The van der Waals surface area contributed by atoms with Crippen LogP contribution in [0.1, 0.15) is 30.5 Å². The molecule has 0 atom stereocenters. The van der Waals surface area contributed by atoms with Gasteiger partial charge in [-0.2, -0.15) is 5.10 Å². The van der Waals surface area contributed by atoms with Crippen molar-refractivity contribution in [1.29, 1.82) is 0 Å². The van der Waals surface area contributed by atoms with Crippen LogP contribution in [-0.4, -0.2) is 20.9 Å². The van der Waals surface area contributed by atoms with Gasteiger partial charge in [-0.05, 0) is 25.3 Å². The summed E-state index contributed by atoms with van der Waals surface area (Å²) in [6, 6.07) is 0. The van der Waals surface area contributed by atoms with Gasteiger partial charge in [0.25, 0.3) is 0 Å². The zero-order valence-electron chi connectivity index (χ0n) is 8.45. The molecule has 0 aliphatic heterocycles. The molecule has 14 heavy (non-hydrogen) atoms. The van der Waals surface area contributed by atoms with Gasteiger partial charge in [0, 0.05) is 18.2 Å². The molecule has 4 nitrogen and oxygen atoms in total. The molecule has 1 N–H and O–H groups in total. The number of aryl methyl sites for hydroxylation is 2. The number of carboxylic acids is 1. The molecule has 0 aromatic carbocycles. The van der Waals surface area contributed by atoms with Gasteiger partial charge in [-0.1, -0.05) is 0 Å². The number of hydrogen-bond acceptors (Lipinski definition) is 2. The van der Waals surface area contributed by atoms with E-state index in [0.29, 0.717) is 0 Å². The van der Waals surface area contributed by atoms with Gasteiger partial charge in [0.05, 0.1) is 12.6 Å². The lowest BCUT2D eigenvalue weighted by molar-refractivity contribution is -0.137. The fourth-order valence-corrected chi connectivity index (χ4v) is 2.25. The third-order valence-electron chi connectivity index (χ3n) is 2.97. The summed E-state index contributed by atoms with van der Waals surface area (Å²) in [5, 5.41) is 13.0. The lowest BCUT2D eigenvalue weighted by atomic mass is 9.95. The second-order valence-corrected chi connectivity index (χ2v) is 4.15. The molecular formula is C10H14N2O2. The average Bonchev–Trinajstić information content (AvgIpc) is 2.73. The van der Waals surface area contributed by atoms with Crippen molar-refractivity contribution >= 4 is 5.97 Å². The third-order valence-corrected chi connectivity index (χ3v) is 2.97. The van der Waals surface area contributed by atoms with Gasteiger partial charge in [-0.25, -0.2) is 0 Å². The minimum Gasteiger partial charge on any atom is -0.481 e. The molecule has 1 aliphatic carbocycles. The first-order valence-corrected chi connectivity index (χ1v) is 4.76. The third kappa shape index (κ3) is 1.31. The summed E-state index contributed by atoms with van der Waals surface area (Å²) < 4.78 is 1.81. The van der Waals surface area contributed by atoms with E-state index in [0.717, 1.165) is 24.1 Å². The van der Waals surface area contributed by atoms with Crippen molar-refractivity contribution in [3.63, 3.8) is 0 Å². The second-order valence-electron chi connectivity index (χ2n) is 4.15. The molecule has 0 unspecified atom stereocenters. The standard InChI is InChI=1S/C10H14N2O2/c1-7-6-11-12(2)9(7)10(3-4-10)5-8(13)14/h6H,3-5H2,1-2H3,(H,13,14). The molecule has 0 bridgehead atoms. The van der Waals surface area contributed by atoms with Crippen LogP contribution in [0.2, 0.25) is 0 Å². The van der Waals surface area contributed by atoms with Gasteiger partial charge >= 0.3 is 5.97 Å². The van der Waals surface area contributed by atoms with Gasteiger partial charge in [0.1, 0.15) is 0 Å². The second kappa shape index (κ2) is 2.83. The van der Waals surface area contributed by atoms with Crippen molar-refractivity contribution in [2.24, 2.45) is 7.05 Å². The van der Waals surface area contributed by atoms with Crippen LogP contribution in [-0.2, 0) is 17.3 Å². The zero-order chi connectivity index (χ0) is 10.3. The van der Waals surface area contributed by atoms with E-state index >= 15 is 0 Å². The first kappa shape index (κ1) is 9.24. The minimum absolute atomic E-state index is 0.124. The molecule has 1 saturated carbocycles. The number of aliphatic carboxylic acids is 1. The lowest BCUT2D eigenvalue weighted by Gasteiger charge is -2.14. The molecule has 2 rings (SSSR count). The van der Waals surface area contributed by atoms with Crippen molar-refractivity contribution in [2.75, 3.05) is 0 Å². The van der Waals surface area contributed by atoms with Gasteiger partial charge in [-0.3, -0.25) is 9.48 Å². The number of carbonyl (C=O) groups is 1. The van der Waals surface area contributed by atoms with Crippen LogP contribution < -0.4 is 0 Å². The predicted molar refractivity (Wildman–Crippen MR) is 51.1 cm³/mol. The smallest absolute Gasteiger partial charge is 0.304 e. The Balaban J connectivity index is 2.34. The fraction of sp³-hybridized carbons (Fsp3) is 0.600. The number of nitrogens with zero attached hydrogens (tertiary/aromatic N) is 2. The van der Waals surface area contributed by atoms with Crippen molar-refractivity contribution in [3.8, 4) is 0 Å². The molecule has 76 valence electrons. The van der Waals surface area contributed by atoms with E-state index in [1.54, 1.807) is 6.20 Å². The van der Waals surface area contributed by atoms with Crippen molar-refractivity contribution in [3.05, 3.63) is 17.5 Å². The van der Waals surface area contributed by atoms with Crippen LogP contribution in [0.3, 0.4) is 0 Å². The molecule has 1 aromatic heterocycles. The highest BCUT2D eigenvalue weighted by Gasteiger charge is 2.48. The Bertz CT molecular complexity index is 358. The van der Waals surface area contributed by atoms with E-state index in [2.05, 4.69) is 5.10 Å². The molecule has 0 saturated heterocycles. The predicted octanol–water partition coefficient (Wildman–Crippen LogP) is 1.23. The van der Waals surface area contributed by atoms with Crippen LogP contribution in [0, 0.1) is 6.92 Å². The highest BCUT2D eigenvalue weighted by molar-refractivity contribution is 5.70. The Morgan fingerprint density at radius 3 is 2.71 bits per heavy atom. The van der Waals surface area contributed by atoms with E-state index in [1.165, 1.54) is 0 Å². The van der Waals surface area contributed by atoms with Crippen molar-refractivity contribution in [1.82, 2.24) is 9.78 Å². The van der Waals surface area contributed by atoms with Crippen molar-refractivity contribution < 1.29 is 9.90 Å². The number of aromatic nitrogens is 2. The molecule has 1 aromatic rings. The summed E-state index contributed by atoms with van der Waals surface area (Å²) in [5.74, 6) is -0.719. The highest BCUT2D eigenvalue weighted by atomic mass is 16.4. The lowest BCUT2D eigenvalue weighted by Crippen LogP contribution is -2.17. The molecule has 1 heterocycles. The van der Waals surface area contributed by atoms with Gasteiger partial charge in [0.15, 0.2) is 0 Å². The van der Waals surface area contributed by atoms with Crippen LogP contribution in [0.25, 0.3) is 0 Å². The highest BCUT2D eigenvalue weighted by Crippen LogP contribution is 2.51. The monoisotopic (exact) mass is 194 g/mol. The Labute approximate surface area is 82.5 Å². The van der Waals surface area contributed by atoms with Crippen molar-refractivity contribution in [2.45, 2.75) is 31.6 Å². The maximum atomic E-state index is 10.7. The maximum Gasteiger partial charge on any atom is 0.304 e. The first-order valence-electron chi connectivity index (χ1n) is 4.76. The summed E-state index contributed by atoms with van der Waals surface area (Å²) >= 11 is 0. The summed E-state index contributed by atoms with van der Waals surface area (Å²) in [4.78, 5) is 10.7. The number of hydrogen-bond donors (Lipinski definition) is 1. The Morgan fingerprint density at radius 1 is 1.71 bits per heavy atom. The van der Waals surface area contributed by atoms with Gasteiger partial charge in [0.2, 0.25) is 0 Å². The summed E-state index contributed by atoms with van der Waals surface area (Å²) in [5.41, 5.74) is 2.08. The largest absolute Gasteiger partial charge is 0.481 e. The van der Waals surface area contributed by atoms with Crippen LogP contribution in [0.5, 0.6) is 0 Å². The zero-order valence-corrected chi connectivity index (χ0v) is 8.45. The Hall–Kier alpha value is -1.32. The van der Waals surface area contributed by atoms with Gasteiger partial charge < -0.3 is 5.11 Å². The summed E-state index contributed by atoms with van der Waals surface area (Å²) in [7, 11) is 1.88. The fourth-order valence-electron chi connectivity index (χ4n) is 2.25. The molecule has 1 aliphatic rings. The molecule has 0 spiro atoms. The van der Waals surface area contributed by atoms with Crippen LogP contribution in [0.4, 0.5) is 0 Å². The summed E-state index contributed by atoms with van der Waals surface area (Å²) in [6.07, 6.45) is 3.98. The Morgan fingerprint density at radius 2 is 2.36 bits per heavy atom. The average molecular weight is 194 g/mol. The van der Waals surface area contributed by atoms with E-state index in [-0.39, 0.29) is 11.8 Å². The van der Waals surface area contributed by atoms with Crippen LogP contribution >= 0.6 is 0 Å². The van der Waals surface area contributed by atoms with Crippen LogP contribution in [0.15, 0.2) is 6.20 Å². The van der Waals surface area contributed by atoms with E-state index < -0.39 is 5.97 Å². The van der Waals surface area contributed by atoms with Gasteiger partial charge in [-0.15, -0.1) is 0 Å². The minimum atomic E-state index is -0.719. The Kier molecular flexibility index (Phi) is 1.87. The normalized spacial score (nSPS) is 18.1. The maximum absolute atomic E-state index is 10.7. The van der Waals surface area contributed by atoms with E-state index in [9.17, 15) is 4.79 Å². The summed E-state index contributed by atoms with van der Waals surface area (Å²) in [6.45, 7) is 1.99. The molecule has 4 heteroatoms. The number of rotatable bonds is 3. The molecule has 0 radical (unpaired) electrons. The number of carboxylic acid groups (broad SMARTS) is 1. The molecular weight excluding hydrogens is 180 g/mol. The quantitative estimate of drug-likeness (QED) is 0.787. The first-order chi connectivity index (χ1) is 6.55. The molecule has 1 fully saturated rings. The van der Waals surface area contributed by atoms with E-state index in [4.69, 9.17) is 5.11 Å². The SMILES string of the molecule is Cc1cnn(C)c1C1(CC(=O)O)CC1.